The summed E-state index contributed by atoms with van der Waals surface area (Å²) in [6.07, 6.45) is 3.54. The molecule has 0 atom stereocenters. The van der Waals surface area contributed by atoms with Gasteiger partial charge in [0.05, 0.1) is 10.6 Å². The average molecular weight is 334 g/mol. The van der Waals surface area contributed by atoms with Crippen molar-refractivity contribution in [1.82, 2.24) is 0 Å². The minimum absolute atomic E-state index is 0.197. The third-order valence-electron chi connectivity index (χ3n) is 4.04. The molecule has 0 fully saturated rings. The van der Waals surface area contributed by atoms with E-state index in [9.17, 15) is 8.42 Å². The number of rotatable bonds is 8. The van der Waals surface area contributed by atoms with E-state index in [0.717, 1.165) is 35.7 Å². The molecule has 0 saturated heterocycles. The molecule has 0 heterocycles. The van der Waals surface area contributed by atoms with Crippen LogP contribution >= 0.6 is 0 Å². The molecule has 0 aliphatic rings. The molecule has 0 amide bonds. The molecule has 0 spiro atoms. The van der Waals surface area contributed by atoms with Crippen molar-refractivity contribution < 1.29 is 8.42 Å². The largest absolute Gasteiger partial charge is 0.377 e. The van der Waals surface area contributed by atoms with E-state index in [4.69, 9.17) is 5.73 Å². The lowest BCUT2D eigenvalue weighted by Gasteiger charge is -2.17. The van der Waals surface area contributed by atoms with Crippen molar-refractivity contribution in [3.8, 4) is 0 Å². The lowest BCUT2D eigenvalue weighted by molar-refractivity contribution is 0.589. The fraction of sp³-hybridized carbons (Fsp3) is 0.444. The Hall–Kier alpha value is -1.59. The van der Waals surface area contributed by atoms with Crippen molar-refractivity contribution in [3.63, 3.8) is 0 Å². The van der Waals surface area contributed by atoms with Crippen LogP contribution in [-0.4, -0.2) is 34.8 Å². The number of sulfone groups is 1. The Labute approximate surface area is 139 Å². The number of anilines is 1. The topological polar surface area (TPSA) is 63.4 Å². The van der Waals surface area contributed by atoms with Gasteiger partial charge in [0.1, 0.15) is 0 Å². The molecule has 0 aliphatic carbocycles. The van der Waals surface area contributed by atoms with E-state index < -0.39 is 9.84 Å². The van der Waals surface area contributed by atoms with Crippen LogP contribution in [0.25, 0.3) is 10.8 Å². The zero-order valence-corrected chi connectivity index (χ0v) is 14.8. The van der Waals surface area contributed by atoms with Crippen LogP contribution in [0, 0.1) is 0 Å². The Morgan fingerprint density at radius 2 is 1.57 bits per heavy atom. The van der Waals surface area contributed by atoms with E-state index in [1.807, 2.05) is 49.3 Å². The molecule has 0 radical (unpaired) electrons. The van der Waals surface area contributed by atoms with E-state index >= 15 is 0 Å². The summed E-state index contributed by atoms with van der Waals surface area (Å²) < 4.78 is 25.4. The minimum atomic E-state index is -3.27. The first-order chi connectivity index (χ1) is 11.0. The van der Waals surface area contributed by atoms with E-state index in [0.29, 0.717) is 17.9 Å². The Bertz CT molecular complexity index is 755. The summed E-state index contributed by atoms with van der Waals surface area (Å²) in [6.45, 7) is 0.670. The van der Waals surface area contributed by atoms with Gasteiger partial charge in [-0.15, -0.1) is 0 Å². The van der Waals surface area contributed by atoms with E-state index in [1.54, 1.807) is 6.07 Å². The first-order valence-corrected chi connectivity index (χ1v) is 9.74. The van der Waals surface area contributed by atoms with Gasteiger partial charge in [0.25, 0.3) is 0 Å². The highest BCUT2D eigenvalue weighted by Gasteiger charge is 2.18. The van der Waals surface area contributed by atoms with Gasteiger partial charge in [-0.05, 0) is 31.5 Å². The lowest BCUT2D eigenvalue weighted by Crippen LogP contribution is -2.11. The van der Waals surface area contributed by atoms with Crippen LogP contribution in [0.15, 0.2) is 41.3 Å². The first kappa shape index (κ1) is 17.8. The Kier molecular flexibility index (Phi) is 6.02. The van der Waals surface area contributed by atoms with Gasteiger partial charge in [0.15, 0.2) is 9.84 Å². The maximum absolute atomic E-state index is 12.7. The SMILES string of the molecule is CN(C)c1cccc2c(S(=O)(=O)CCCCCCN)cccc12. The molecule has 2 N–H and O–H groups in total. The highest BCUT2D eigenvalue weighted by molar-refractivity contribution is 7.91. The molecule has 0 bridgehead atoms. The van der Waals surface area contributed by atoms with Crippen LogP contribution in [0.4, 0.5) is 5.69 Å². The third-order valence-corrected chi connectivity index (χ3v) is 5.90. The van der Waals surface area contributed by atoms with Crippen LogP contribution in [-0.2, 0) is 9.84 Å². The van der Waals surface area contributed by atoms with Crippen molar-refractivity contribution in [1.29, 1.82) is 0 Å². The first-order valence-electron chi connectivity index (χ1n) is 8.09. The number of benzene rings is 2. The van der Waals surface area contributed by atoms with Crippen LogP contribution in [0.5, 0.6) is 0 Å². The van der Waals surface area contributed by atoms with Gasteiger partial charge >= 0.3 is 0 Å². The molecule has 5 heteroatoms. The normalized spacial score (nSPS) is 11.8. The lowest BCUT2D eigenvalue weighted by atomic mass is 10.1. The highest BCUT2D eigenvalue weighted by atomic mass is 32.2. The second-order valence-electron chi connectivity index (χ2n) is 6.04. The molecule has 2 aromatic rings. The second-order valence-corrected chi connectivity index (χ2v) is 8.12. The molecule has 0 aromatic heterocycles. The highest BCUT2D eigenvalue weighted by Crippen LogP contribution is 2.30. The van der Waals surface area contributed by atoms with Crippen molar-refractivity contribution in [2.24, 2.45) is 5.73 Å². The molecular weight excluding hydrogens is 308 g/mol. The summed E-state index contributed by atoms with van der Waals surface area (Å²) in [5, 5.41) is 1.78. The molecule has 0 saturated carbocycles. The zero-order valence-electron chi connectivity index (χ0n) is 14.0. The van der Waals surface area contributed by atoms with Gasteiger partial charge < -0.3 is 10.6 Å². The molecule has 0 aliphatic heterocycles. The second kappa shape index (κ2) is 7.79. The standard InChI is InChI=1S/C18H26N2O2S/c1-20(2)17-11-7-10-16-15(17)9-8-12-18(16)23(21,22)14-6-4-3-5-13-19/h7-12H,3-6,13-14,19H2,1-2H3. The number of nitrogens with zero attached hydrogens (tertiary/aromatic N) is 1. The Morgan fingerprint density at radius 1 is 0.913 bits per heavy atom. The number of hydrogen-bond acceptors (Lipinski definition) is 4. The summed E-state index contributed by atoms with van der Waals surface area (Å²) in [7, 11) is 0.665. The molecule has 0 unspecified atom stereocenters. The molecule has 4 nitrogen and oxygen atoms in total. The van der Waals surface area contributed by atoms with Crippen LogP contribution < -0.4 is 10.6 Å². The van der Waals surface area contributed by atoms with Crippen LogP contribution in [0.2, 0.25) is 0 Å². The van der Waals surface area contributed by atoms with Crippen LogP contribution in [0.3, 0.4) is 0 Å². The van der Waals surface area contributed by atoms with Gasteiger partial charge in [-0.3, -0.25) is 0 Å². The number of fused-ring (bicyclic) bond motifs is 1. The number of hydrogen-bond donors (Lipinski definition) is 1. The number of unbranched alkanes of at least 4 members (excludes halogenated alkanes) is 3. The van der Waals surface area contributed by atoms with Crippen LogP contribution in [0.1, 0.15) is 25.7 Å². The Morgan fingerprint density at radius 3 is 2.26 bits per heavy atom. The number of nitrogens with two attached hydrogens (primary N) is 1. The molecule has 23 heavy (non-hydrogen) atoms. The monoisotopic (exact) mass is 334 g/mol. The minimum Gasteiger partial charge on any atom is -0.377 e. The molecular formula is C18H26N2O2S. The van der Waals surface area contributed by atoms with E-state index in [2.05, 4.69) is 0 Å². The van der Waals surface area contributed by atoms with E-state index in [1.165, 1.54) is 0 Å². The molecule has 126 valence electrons. The van der Waals surface area contributed by atoms with Gasteiger partial charge in [-0.1, -0.05) is 37.1 Å². The zero-order chi connectivity index (χ0) is 16.9. The van der Waals surface area contributed by atoms with Crippen molar-refractivity contribution >= 4 is 26.3 Å². The summed E-state index contributed by atoms with van der Waals surface area (Å²) in [5.41, 5.74) is 6.50. The maximum Gasteiger partial charge on any atom is 0.178 e. The van der Waals surface area contributed by atoms with Gasteiger partial charge in [0.2, 0.25) is 0 Å². The quantitative estimate of drug-likeness (QED) is 0.753. The fourth-order valence-corrected chi connectivity index (χ4v) is 4.43. The predicted molar refractivity (Wildman–Crippen MR) is 97.9 cm³/mol. The maximum atomic E-state index is 12.7. The van der Waals surface area contributed by atoms with Crippen molar-refractivity contribution in [2.45, 2.75) is 30.6 Å². The van der Waals surface area contributed by atoms with Crippen molar-refractivity contribution in [2.75, 3.05) is 31.3 Å². The van der Waals surface area contributed by atoms with Gasteiger partial charge in [-0.25, -0.2) is 8.42 Å². The summed E-state index contributed by atoms with van der Waals surface area (Å²) in [5.74, 6) is 0.197. The molecule has 2 aromatic carbocycles. The summed E-state index contributed by atoms with van der Waals surface area (Å²) >= 11 is 0. The third kappa shape index (κ3) is 4.24. The van der Waals surface area contributed by atoms with E-state index in [-0.39, 0.29) is 5.75 Å². The predicted octanol–water partition coefficient (Wildman–Crippen LogP) is 3.20. The Balaban J connectivity index is 2.30. The van der Waals surface area contributed by atoms with Crippen molar-refractivity contribution in [3.05, 3.63) is 36.4 Å². The molecule has 2 rings (SSSR count). The summed E-state index contributed by atoms with van der Waals surface area (Å²) in [6, 6.07) is 11.3. The summed E-state index contributed by atoms with van der Waals surface area (Å²) in [4.78, 5) is 2.45. The van der Waals surface area contributed by atoms with Gasteiger partial charge in [0, 0.05) is 30.6 Å². The van der Waals surface area contributed by atoms with Gasteiger partial charge in [-0.2, -0.15) is 0 Å². The fourth-order valence-electron chi connectivity index (χ4n) is 2.83. The average Bonchev–Trinajstić information content (AvgIpc) is 2.53. The smallest absolute Gasteiger partial charge is 0.178 e.